The highest BCUT2D eigenvalue weighted by Crippen LogP contribution is 2.20. The monoisotopic (exact) mass is 218 g/mol. The zero-order valence-electron chi connectivity index (χ0n) is 7.50. The van der Waals surface area contributed by atoms with E-state index in [1.807, 2.05) is 6.92 Å². The first-order valence-electron chi connectivity index (χ1n) is 4.04. The molecule has 0 heterocycles. The third kappa shape index (κ3) is 2.26. The van der Waals surface area contributed by atoms with Crippen LogP contribution in [-0.4, -0.2) is 22.9 Å². The summed E-state index contributed by atoms with van der Waals surface area (Å²) in [6.45, 7) is 1.82. The molecule has 76 valence electrons. The average Bonchev–Trinajstić information content (AvgIpc) is 2.10. The Morgan fingerprint density at radius 3 is 2.50 bits per heavy atom. The molecule has 6 heteroatoms. The van der Waals surface area contributed by atoms with Crippen LogP contribution in [0.15, 0.2) is 17.0 Å². The number of thioether (sulfide) groups is 1. The van der Waals surface area contributed by atoms with Gasteiger partial charge in [0, 0.05) is 4.90 Å². The fourth-order valence-corrected chi connectivity index (χ4v) is 1.76. The molecule has 0 fully saturated rings. The molecule has 1 aromatic carbocycles. The SMILES string of the molecule is CCSc1ccc(F)c(B(O)O)c1F. The zero-order chi connectivity index (χ0) is 10.7. The molecule has 14 heavy (non-hydrogen) atoms. The van der Waals surface area contributed by atoms with Gasteiger partial charge in [-0.3, -0.25) is 0 Å². The summed E-state index contributed by atoms with van der Waals surface area (Å²) in [7, 11) is -2.12. The summed E-state index contributed by atoms with van der Waals surface area (Å²) in [5.41, 5.74) is -0.691. The van der Waals surface area contributed by atoms with Crippen LogP contribution in [0.1, 0.15) is 6.92 Å². The molecule has 0 aliphatic carbocycles. The van der Waals surface area contributed by atoms with E-state index in [0.717, 1.165) is 6.07 Å². The molecule has 0 aliphatic heterocycles. The fraction of sp³-hybridized carbons (Fsp3) is 0.250. The van der Waals surface area contributed by atoms with E-state index in [1.165, 1.54) is 17.8 Å². The second kappa shape index (κ2) is 4.77. The Morgan fingerprint density at radius 1 is 1.36 bits per heavy atom. The number of hydrogen-bond acceptors (Lipinski definition) is 3. The second-order valence-electron chi connectivity index (χ2n) is 2.58. The van der Waals surface area contributed by atoms with Gasteiger partial charge in [-0.1, -0.05) is 6.92 Å². The van der Waals surface area contributed by atoms with Gasteiger partial charge in [0.25, 0.3) is 0 Å². The lowest BCUT2D eigenvalue weighted by molar-refractivity contribution is 0.418. The van der Waals surface area contributed by atoms with Crippen molar-refractivity contribution in [2.24, 2.45) is 0 Å². The molecule has 0 saturated heterocycles. The van der Waals surface area contributed by atoms with E-state index in [1.54, 1.807) is 0 Å². The minimum Gasteiger partial charge on any atom is -0.423 e. The number of halogens is 2. The summed E-state index contributed by atoms with van der Waals surface area (Å²) in [5.74, 6) is -1.21. The lowest BCUT2D eigenvalue weighted by Gasteiger charge is -2.07. The van der Waals surface area contributed by atoms with Gasteiger partial charge in [0.1, 0.15) is 11.6 Å². The zero-order valence-corrected chi connectivity index (χ0v) is 8.31. The highest BCUT2D eigenvalue weighted by molar-refractivity contribution is 7.99. The van der Waals surface area contributed by atoms with Crippen molar-refractivity contribution >= 4 is 24.3 Å². The normalized spacial score (nSPS) is 10.4. The molecule has 0 aromatic heterocycles. The van der Waals surface area contributed by atoms with Gasteiger partial charge in [-0.05, 0) is 17.9 Å². The highest BCUT2D eigenvalue weighted by Gasteiger charge is 2.23. The van der Waals surface area contributed by atoms with Gasteiger partial charge in [0.05, 0.1) is 5.46 Å². The van der Waals surface area contributed by atoms with E-state index in [2.05, 4.69) is 0 Å². The predicted molar refractivity (Wildman–Crippen MR) is 52.6 cm³/mol. The van der Waals surface area contributed by atoms with Crippen LogP contribution in [0.2, 0.25) is 0 Å². The Hall–Kier alpha value is -0.585. The summed E-state index contributed by atoms with van der Waals surface area (Å²) in [5, 5.41) is 17.5. The summed E-state index contributed by atoms with van der Waals surface area (Å²) >= 11 is 1.18. The number of rotatable bonds is 3. The van der Waals surface area contributed by atoms with Gasteiger partial charge < -0.3 is 10.0 Å². The topological polar surface area (TPSA) is 40.5 Å². The van der Waals surface area contributed by atoms with Crippen molar-refractivity contribution in [3.63, 3.8) is 0 Å². The minimum absolute atomic E-state index is 0.219. The standard InChI is InChI=1S/C8H9BF2O2S/c1-2-14-6-4-3-5(10)7(8(6)11)9(12)13/h3-4,12-13H,2H2,1H3. The Labute approximate surface area is 85.1 Å². The molecule has 2 nitrogen and oxygen atoms in total. The Morgan fingerprint density at radius 2 is 2.00 bits per heavy atom. The maximum absolute atomic E-state index is 13.4. The summed E-state index contributed by atoms with van der Waals surface area (Å²) in [6, 6.07) is 2.31. The first kappa shape index (κ1) is 11.5. The van der Waals surface area contributed by atoms with Crippen LogP contribution < -0.4 is 5.46 Å². The largest absolute Gasteiger partial charge is 0.494 e. The quantitative estimate of drug-likeness (QED) is 0.581. The lowest BCUT2D eigenvalue weighted by Crippen LogP contribution is -2.36. The fourth-order valence-electron chi connectivity index (χ4n) is 1.05. The molecular weight excluding hydrogens is 209 g/mol. The molecule has 1 rings (SSSR count). The van der Waals surface area contributed by atoms with Gasteiger partial charge in [0.15, 0.2) is 0 Å². The van der Waals surface area contributed by atoms with Crippen LogP contribution in [0, 0.1) is 11.6 Å². The predicted octanol–water partition coefficient (Wildman–Crippen LogP) is 0.757. The number of benzene rings is 1. The molecule has 0 radical (unpaired) electrons. The first-order valence-corrected chi connectivity index (χ1v) is 5.03. The molecule has 0 unspecified atom stereocenters. The van der Waals surface area contributed by atoms with Crippen molar-refractivity contribution in [2.45, 2.75) is 11.8 Å². The molecule has 2 N–H and O–H groups in total. The van der Waals surface area contributed by atoms with Crippen LogP contribution in [0.3, 0.4) is 0 Å². The van der Waals surface area contributed by atoms with Crippen molar-refractivity contribution in [1.29, 1.82) is 0 Å². The van der Waals surface area contributed by atoms with Crippen molar-refractivity contribution < 1.29 is 18.8 Å². The molecule has 0 spiro atoms. The molecule has 0 atom stereocenters. The van der Waals surface area contributed by atoms with E-state index < -0.39 is 24.2 Å². The highest BCUT2D eigenvalue weighted by atomic mass is 32.2. The smallest absolute Gasteiger partial charge is 0.423 e. The third-order valence-corrected chi connectivity index (χ3v) is 2.56. The second-order valence-corrected chi connectivity index (χ2v) is 3.89. The van der Waals surface area contributed by atoms with Gasteiger partial charge in [-0.15, -0.1) is 11.8 Å². The van der Waals surface area contributed by atoms with Crippen molar-refractivity contribution in [3.8, 4) is 0 Å². The van der Waals surface area contributed by atoms with Gasteiger partial charge in [-0.25, -0.2) is 8.78 Å². The van der Waals surface area contributed by atoms with E-state index >= 15 is 0 Å². The van der Waals surface area contributed by atoms with Gasteiger partial charge >= 0.3 is 7.12 Å². The first-order chi connectivity index (χ1) is 6.57. The lowest BCUT2D eigenvalue weighted by atomic mass is 9.79. The Bertz CT molecular complexity index is 333. The van der Waals surface area contributed by atoms with E-state index in [-0.39, 0.29) is 4.90 Å². The number of hydrogen-bond donors (Lipinski definition) is 2. The summed E-state index contributed by atoms with van der Waals surface area (Å²) in [6.07, 6.45) is 0. The molecule has 0 saturated carbocycles. The van der Waals surface area contributed by atoms with Crippen molar-refractivity contribution in [3.05, 3.63) is 23.8 Å². The molecular formula is C8H9BF2O2S. The van der Waals surface area contributed by atoms with Gasteiger partial charge in [-0.2, -0.15) is 0 Å². The van der Waals surface area contributed by atoms with E-state index in [9.17, 15) is 8.78 Å². The van der Waals surface area contributed by atoms with Crippen LogP contribution >= 0.6 is 11.8 Å². The molecule has 0 bridgehead atoms. The van der Waals surface area contributed by atoms with Crippen molar-refractivity contribution in [2.75, 3.05) is 5.75 Å². The van der Waals surface area contributed by atoms with Crippen LogP contribution in [0.25, 0.3) is 0 Å². The Balaban J connectivity index is 3.19. The minimum atomic E-state index is -2.12. The van der Waals surface area contributed by atoms with Crippen LogP contribution in [-0.2, 0) is 0 Å². The Kier molecular flexibility index (Phi) is 3.91. The van der Waals surface area contributed by atoms with Crippen LogP contribution in [0.4, 0.5) is 8.78 Å². The maximum atomic E-state index is 13.4. The maximum Gasteiger partial charge on any atom is 0.494 e. The molecule has 0 amide bonds. The third-order valence-electron chi connectivity index (χ3n) is 1.65. The van der Waals surface area contributed by atoms with Crippen molar-refractivity contribution in [1.82, 2.24) is 0 Å². The van der Waals surface area contributed by atoms with Gasteiger partial charge in [0.2, 0.25) is 0 Å². The molecule has 0 aliphatic rings. The van der Waals surface area contributed by atoms with E-state index in [4.69, 9.17) is 10.0 Å². The van der Waals surface area contributed by atoms with E-state index in [0.29, 0.717) is 5.75 Å². The summed E-state index contributed by atoms with van der Waals surface area (Å²) in [4.78, 5) is 0.219. The average molecular weight is 218 g/mol. The van der Waals surface area contributed by atoms with Crippen LogP contribution in [0.5, 0.6) is 0 Å². The summed E-state index contributed by atoms with van der Waals surface area (Å²) < 4.78 is 26.3. The molecule has 1 aromatic rings.